The zero-order valence-corrected chi connectivity index (χ0v) is 16.5. The van der Waals surface area contributed by atoms with Crippen LogP contribution in [0.1, 0.15) is 12.5 Å². The van der Waals surface area contributed by atoms with Gasteiger partial charge in [0, 0.05) is 26.0 Å². The molecule has 0 bridgehead atoms. The Hall–Kier alpha value is -1.97. The third kappa shape index (κ3) is 4.80. The number of amides is 1. The highest BCUT2D eigenvalue weighted by Crippen LogP contribution is 2.24. The fourth-order valence-corrected chi connectivity index (χ4v) is 3.58. The van der Waals surface area contributed by atoms with Crippen LogP contribution in [0.4, 0.5) is 10.1 Å². The minimum absolute atomic E-state index is 0.0825. The van der Waals surface area contributed by atoms with Crippen LogP contribution in [0.5, 0.6) is 0 Å². The predicted octanol–water partition coefficient (Wildman–Crippen LogP) is 2.90. The first-order valence-corrected chi connectivity index (χ1v) is 10.1. The van der Waals surface area contributed by atoms with Crippen LogP contribution in [0.25, 0.3) is 0 Å². The van der Waals surface area contributed by atoms with E-state index < -0.39 is 15.3 Å². The Labute approximate surface area is 156 Å². The van der Waals surface area contributed by atoms with Crippen molar-refractivity contribution in [3.8, 4) is 0 Å². The number of nitrogens with zero attached hydrogens (tertiary/aromatic N) is 2. The quantitative estimate of drug-likeness (QED) is 0.758. The molecule has 1 amide bonds. The van der Waals surface area contributed by atoms with Crippen molar-refractivity contribution < 1.29 is 17.6 Å². The van der Waals surface area contributed by atoms with Crippen LogP contribution in [0.15, 0.2) is 46.5 Å². The molecule has 1 atom stereocenters. The Bertz CT molecular complexity index is 900. The summed E-state index contributed by atoms with van der Waals surface area (Å²) in [6, 6.07) is 7.49. The summed E-state index contributed by atoms with van der Waals surface area (Å²) in [6.07, 6.45) is 1.26. The number of carbonyl (C=O) groups is 1. The summed E-state index contributed by atoms with van der Waals surface area (Å²) in [4.78, 5) is 16.4. The van der Waals surface area contributed by atoms with E-state index in [9.17, 15) is 17.6 Å². The van der Waals surface area contributed by atoms with Crippen LogP contribution in [0.2, 0.25) is 0 Å². The van der Waals surface area contributed by atoms with Crippen molar-refractivity contribution in [1.29, 1.82) is 0 Å². The topological polar surface area (TPSA) is 79.4 Å². The van der Waals surface area contributed by atoms with Crippen LogP contribution in [0, 0.1) is 12.7 Å². The van der Waals surface area contributed by atoms with Gasteiger partial charge < -0.3 is 5.32 Å². The van der Waals surface area contributed by atoms with Gasteiger partial charge in [0.25, 0.3) is 0 Å². The lowest BCUT2D eigenvalue weighted by molar-refractivity contribution is -0.115. The van der Waals surface area contributed by atoms with Crippen molar-refractivity contribution in [3.63, 3.8) is 0 Å². The number of aryl methyl sites for hydroxylation is 1. The molecule has 0 saturated carbocycles. The molecule has 0 aliphatic heterocycles. The zero-order chi connectivity index (χ0) is 19.5. The summed E-state index contributed by atoms with van der Waals surface area (Å²) in [6.45, 7) is 3.34. The number of benzene rings is 1. The Balaban J connectivity index is 2.03. The molecule has 2 aromatic rings. The number of aromatic nitrogens is 1. The smallest absolute Gasteiger partial charge is 0.244 e. The van der Waals surface area contributed by atoms with Crippen molar-refractivity contribution in [3.05, 3.63) is 47.9 Å². The number of pyridine rings is 1. The highest BCUT2D eigenvalue weighted by atomic mass is 32.2. The van der Waals surface area contributed by atoms with E-state index >= 15 is 0 Å². The Kier molecular flexibility index (Phi) is 6.38. The molecule has 0 radical (unpaired) electrons. The predicted molar refractivity (Wildman–Crippen MR) is 100 cm³/mol. The fraction of sp³-hybridized carbons (Fsp3) is 0.294. The summed E-state index contributed by atoms with van der Waals surface area (Å²) in [5.41, 5.74) is 0.883. The van der Waals surface area contributed by atoms with Crippen LogP contribution in [-0.2, 0) is 14.8 Å². The monoisotopic (exact) mass is 397 g/mol. The van der Waals surface area contributed by atoms with Gasteiger partial charge in [-0.15, -0.1) is 0 Å². The summed E-state index contributed by atoms with van der Waals surface area (Å²) in [7, 11) is -0.654. The maximum absolute atomic E-state index is 13.5. The molecule has 6 nitrogen and oxygen atoms in total. The second kappa shape index (κ2) is 8.15. The lowest BCUT2D eigenvalue weighted by Crippen LogP contribution is -2.23. The first-order chi connectivity index (χ1) is 12.1. The molecule has 0 saturated heterocycles. The van der Waals surface area contributed by atoms with E-state index in [0.717, 1.165) is 4.31 Å². The molecule has 140 valence electrons. The SMILES string of the molecule is Cc1ccc(NC(=O)[C@@H](C)Sc2ccc(S(=O)(=O)N(C)C)cn2)cc1F. The lowest BCUT2D eigenvalue weighted by atomic mass is 10.2. The number of carbonyl (C=O) groups excluding carboxylic acids is 1. The first-order valence-electron chi connectivity index (χ1n) is 7.73. The van der Waals surface area contributed by atoms with Gasteiger partial charge in [0.1, 0.15) is 10.7 Å². The number of hydrogen-bond donors (Lipinski definition) is 1. The van der Waals surface area contributed by atoms with E-state index in [0.29, 0.717) is 16.3 Å². The number of hydrogen-bond acceptors (Lipinski definition) is 5. The van der Waals surface area contributed by atoms with Crippen molar-refractivity contribution in [2.24, 2.45) is 0 Å². The molecule has 26 heavy (non-hydrogen) atoms. The molecule has 0 aliphatic carbocycles. The Morgan fingerprint density at radius 3 is 2.50 bits per heavy atom. The van der Waals surface area contributed by atoms with Gasteiger partial charge in [-0.25, -0.2) is 22.1 Å². The third-order valence-electron chi connectivity index (χ3n) is 3.59. The molecule has 9 heteroatoms. The zero-order valence-electron chi connectivity index (χ0n) is 14.9. The van der Waals surface area contributed by atoms with Crippen molar-refractivity contribution >= 4 is 33.4 Å². The molecule has 0 fully saturated rings. The average Bonchev–Trinajstić information content (AvgIpc) is 2.58. The van der Waals surface area contributed by atoms with E-state index in [1.54, 1.807) is 32.0 Å². The summed E-state index contributed by atoms with van der Waals surface area (Å²) in [5.74, 6) is -0.687. The normalized spacial score (nSPS) is 12.8. The molecule has 0 spiro atoms. The molecule has 1 aromatic heterocycles. The minimum Gasteiger partial charge on any atom is -0.325 e. The van der Waals surface area contributed by atoms with Gasteiger partial charge in [-0.1, -0.05) is 17.8 Å². The highest BCUT2D eigenvalue weighted by molar-refractivity contribution is 8.00. The number of anilines is 1. The average molecular weight is 397 g/mol. The largest absolute Gasteiger partial charge is 0.325 e. The molecule has 1 aromatic carbocycles. The number of rotatable bonds is 6. The first kappa shape index (κ1) is 20.3. The summed E-state index contributed by atoms with van der Waals surface area (Å²) >= 11 is 1.18. The summed E-state index contributed by atoms with van der Waals surface area (Å²) in [5, 5.41) is 2.67. The molecular weight excluding hydrogens is 377 g/mol. The lowest BCUT2D eigenvalue weighted by Gasteiger charge is -2.13. The van der Waals surface area contributed by atoms with Gasteiger partial charge in [-0.05, 0) is 43.7 Å². The second-order valence-corrected chi connectivity index (χ2v) is 9.35. The maximum Gasteiger partial charge on any atom is 0.244 e. The van der Waals surface area contributed by atoms with E-state index in [2.05, 4.69) is 10.3 Å². The van der Waals surface area contributed by atoms with Gasteiger partial charge in [0.2, 0.25) is 15.9 Å². The highest BCUT2D eigenvalue weighted by Gasteiger charge is 2.19. The Morgan fingerprint density at radius 2 is 1.96 bits per heavy atom. The number of nitrogens with one attached hydrogen (secondary N) is 1. The third-order valence-corrected chi connectivity index (χ3v) is 6.44. The van der Waals surface area contributed by atoms with Gasteiger partial charge >= 0.3 is 0 Å². The molecule has 1 heterocycles. The van der Waals surface area contributed by atoms with Crippen molar-refractivity contribution in [1.82, 2.24) is 9.29 Å². The van der Waals surface area contributed by atoms with Gasteiger partial charge in [0.05, 0.1) is 10.3 Å². The molecular formula is C17H20FN3O3S2. The second-order valence-electron chi connectivity index (χ2n) is 5.83. The van der Waals surface area contributed by atoms with Gasteiger partial charge in [-0.2, -0.15) is 0 Å². The van der Waals surface area contributed by atoms with Crippen LogP contribution in [0.3, 0.4) is 0 Å². The number of sulfonamides is 1. The molecule has 0 unspecified atom stereocenters. The number of thioether (sulfide) groups is 1. The van der Waals surface area contributed by atoms with E-state index in [-0.39, 0.29) is 16.6 Å². The van der Waals surface area contributed by atoms with Gasteiger partial charge in [-0.3, -0.25) is 4.79 Å². The number of halogens is 1. The van der Waals surface area contributed by atoms with E-state index in [4.69, 9.17) is 0 Å². The summed E-state index contributed by atoms with van der Waals surface area (Å²) < 4.78 is 38.7. The molecule has 2 rings (SSSR count). The fourth-order valence-electron chi connectivity index (χ4n) is 1.95. The van der Waals surface area contributed by atoms with Crippen LogP contribution < -0.4 is 5.32 Å². The maximum atomic E-state index is 13.5. The van der Waals surface area contributed by atoms with Crippen molar-refractivity contribution in [2.45, 2.75) is 29.0 Å². The van der Waals surface area contributed by atoms with E-state index in [1.165, 1.54) is 44.2 Å². The van der Waals surface area contributed by atoms with Crippen molar-refractivity contribution in [2.75, 3.05) is 19.4 Å². The van der Waals surface area contributed by atoms with E-state index in [1.807, 2.05) is 0 Å². The van der Waals surface area contributed by atoms with Crippen LogP contribution >= 0.6 is 11.8 Å². The Morgan fingerprint density at radius 1 is 1.27 bits per heavy atom. The minimum atomic E-state index is -3.54. The van der Waals surface area contributed by atoms with Crippen LogP contribution in [-0.4, -0.2) is 43.0 Å². The molecule has 0 aliphatic rings. The standard InChI is InChI=1S/C17H20FN3O3S2/c1-11-5-6-13(9-15(11)18)20-17(22)12(2)25-16-8-7-14(10-19-16)26(23,24)21(3)4/h5-10,12H,1-4H3,(H,20,22)/t12-/m1/s1. The molecule has 1 N–H and O–H groups in total. The van der Waals surface area contributed by atoms with Gasteiger partial charge in [0.15, 0.2) is 0 Å².